The molecule has 1 fully saturated rings. The Labute approximate surface area is 174 Å². The maximum absolute atomic E-state index is 12.6. The van der Waals surface area contributed by atoms with E-state index >= 15 is 0 Å². The fraction of sp³-hybridized carbons (Fsp3) is 0.364. The normalized spacial score (nSPS) is 17.6. The highest BCUT2D eigenvalue weighted by Gasteiger charge is 2.26. The van der Waals surface area contributed by atoms with Crippen LogP contribution in [0, 0.1) is 0 Å². The molecular formula is C22H24N6O2. The van der Waals surface area contributed by atoms with Crippen LogP contribution >= 0.6 is 0 Å². The number of carbonyl (C=O) groups excluding carboxylic acids is 1. The number of amides is 1. The number of hydrogen-bond donors (Lipinski definition) is 1. The summed E-state index contributed by atoms with van der Waals surface area (Å²) in [6.07, 6.45) is 7.68. The summed E-state index contributed by atoms with van der Waals surface area (Å²) < 4.78 is 7.29. The molecule has 1 aromatic carbocycles. The van der Waals surface area contributed by atoms with E-state index in [0.29, 0.717) is 18.9 Å². The van der Waals surface area contributed by atoms with E-state index in [2.05, 4.69) is 31.3 Å². The third kappa shape index (κ3) is 3.85. The third-order valence-electron chi connectivity index (χ3n) is 5.60. The van der Waals surface area contributed by atoms with Crippen LogP contribution in [0.3, 0.4) is 0 Å². The zero-order valence-electron chi connectivity index (χ0n) is 16.9. The van der Waals surface area contributed by atoms with Crippen molar-refractivity contribution in [2.24, 2.45) is 7.05 Å². The van der Waals surface area contributed by atoms with Gasteiger partial charge >= 0.3 is 0 Å². The van der Waals surface area contributed by atoms with Gasteiger partial charge in [0.15, 0.2) is 0 Å². The van der Waals surface area contributed by atoms with Gasteiger partial charge in [-0.3, -0.25) is 9.48 Å². The Morgan fingerprint density at radius 3 is 3.13 bits per heavy atom. The molecule has 1 saturated heterocycles. The fourth-order valence-corrected chi connectivity index (χ4v) is 4.09. The SMILES string of the molecule is Cn1cc(-c2ccnc(N3CCC(NC(=O)Cc4ccc5c(c4)CCO5)C3)n2)cn1. The lowest BCUT2D eigenvalue weighted by molar-refractivity contribution is -0.121. The maximum atomic E-state index is 12.6. The fourth-order valence-electron chi connectivity index (χ4n) is 4.09. The van der Waals surface area contributed by atoms with Crippen molar-refractivity contribution in [2.45, 2.75) is 25.3 Å². The zero-order chi connectivity index (χ0) is 20.5. The minimum Gasteiger partial charge on any atom is -0.493 e. The number of benzene rings is 1. The van der Waals surface area contributed by atoms with Gasteiger partial charge in [0.1, 0.15) is 5.75 Å². The number of nitrogens with zero attached hydrogens (tertiary/aromatic N) is 5. The molecule has 1 N–H and O–H groups in total. The summed E-state index contributed by atoms with van der Waals surface area (Å²) in [6, 6.07) is 8.01. The van der Waals surface area contributed by atoms with E-state index in [1.54, 1.807) is 17.1 Å². The number of ether oxygens (including phenoxy) is 1. The molecule has 2 aromatic heterocycles. The molecule has 2 aliphatic rings. The molecule has 8 nitrogen and oxygen atoms in total. The molecule has 1 unspecified atom stereocenters. The average molecular weight is 404 g/mol. The quantitative estimate of drug-likeness (QED) is 0.697. The van der Waals surface area contributed by atoms with E-state index < -0.39 is 0 Å². The molecule has 0 bridgehead atoms. The Hall–Kier alpha value is -3.42. The lowest BCUT2D eigenvalue weighted by atomic mass is 10.1. The van der Waals surface area contributed by atoms with Crippen LogP contribution in [-0.2, 0) is 24.7 Å². The second-order valence-corrected chi connectivity index (χ2v) is 7.86. The van der Waals surface area contributed by atoms with Crippen LogP contribution in [-0.4, -0.2) is 51.4 Å². The summed E-state index contributed by atoms with van der Waals surface area (Å²) in [6.45, 7) is 2.25. The number of carbonyl (C=O) groups is 1. The monoisotopic (exact) mass is 404 g/mol. The number of rotatable bonds is 5. The predicted octanol–water partition coefficient (Wildman–Crippen LogP) is 1.75. The first-order valence-corrected chi connectivity index (χ1v) is 10.2. The Morgan fingerprint density at radius 2 is 2.27 bits per heavy atom. The van der Waals surface area contributed by atoms with Crippen molar-refractivity contribution in [1.29, 1.82) is 0 Å². The standard InChI is InChI=1S/C22H24N6O2/c1-27-13-17(12-24-27)19-4-7-23-22(26-19)28-8-5-18(14-28)25-21(29)11-15-2-3-20-16(10-15)6-9-30-20/h2-4,7,10,12-13,18H,5-6,8-9,11,14H2,1H3,(H,25,29). The molecule has 0 aliphatic carbocycles. The van der Waals surface area contributed by atoms with Gasteiger partial charge in [0.25, 0.3) is 0 Å². The van der Waals surface area contributed by atoms with Crippen molar-refractivity contribution in [3.05, 3.63) is 54.0 Å². The van der Waals surface area contributed by atoms with Gasteiger partial charge < -0.3 is 15.0 Å². The molecule has 0 saturated carbocycles. The number of aryl methyl sites for hydroxylation is 1. The molecule has 2 aliphatic heterocycles. The predicted molar refractivity (Wildman–Crippen MR) is 112 cm³/mol. The summed E-state index contributed by atoms with van der Waals surface area (Å²) in [5.41, 5.74) is 4.03. The van der Waals surface area contributed by atoms with Crippen molar-refractivity contribution in [3.63, 3.8) is 0 Å². The summed E-state index contributed by atoms with van der Waals surface area (Å²) in [7, 11) is 1.88. The summed E-state index contributed by atoms with van der Waals surface area (Å²) in [5, 5.41) is 7.37. The van der Waals surface area contributed by atoms with Crippen molar-refractivity contribution in [2.75, 3.05) is 24.6 Å². The minimum atomic E-state index is 0.0470. The lowest BCUT2D eigenvalue weighted by Crippen LogP contribution is -2.38. The summed E-state index contributed by atoms with van der Waals surface area (Å²) in [5.74, 6) is 1.68. The molecule has 0 radical (unpaired) electrons. The van der Waals surface area contributed by atoms with Crippen LogP contribution in [0.5, 0.6) is 5.75 Å². The highest BCUT2D eigenvalue weighted by Crippen LogP contribution is 2.26. The topological polar surface area (TPSA) is 85.2 Å². The van der Waals surface area contributed by atoms with Crippen LogP contribution in [0.1, 0.15) is 17.5 Å². The minimum absolute atomic E-state index is 0.0470. The first kappa shape index (κ1) is 18.6. The molecule has 154 valence electrons. The van der Waals surface area contributed by atoms with E-state index in [9.17, 15) is 4.79 Å². The highest BCUT2D eigenvalue weighted by molar-refractivity contribution is 5.79. The van der Waals surface area contributed by atoms with Gasteiger partial charge in [-0.1, -0.05) is 12.1 Å². The van der Waals surface area contributed by atoms with E-state index in [-0.39, 0.29) is 11.9 Å². The molecule has 30 heavy (non-hydrogen) atoms. The Balaban J connectivity index is 1.19. The second kappa shape index (κ2) is 7.78. The van der Waals surface area contributed by atoms with Crippen molar-refractivity contribution in [3.8, 4) is 17.0 Å². The van der Waals surface area contributed by atoms with E-state index in [1.807, 2.05) is 31.4 Å². The smallest absolute Gasteiger partial charge is 0.225 e. The number of nitrogens with one attached hydrogen (secondary N) is 1. The molecular weight excluding hydrogens is 380 g/mol. The van der Waals surface area contributed by atoms with Crippen LogP contribution in [0.15, 0.2) is 42.9 Å². The van der Waals surface area contributed by atoms with E-state index in [0.717, 1.165) is 48.6 Å². The summed E-state index contributed by atoms with van der Waals surface area (Å²) in [4.78, 5) is 23.8. The second-order valence-electron chi connectivity index (χ2n) is 7.86. The Morgan fingerprint density at radius 1 is 1.33 bits per heavy atom. The van der Waals surface area contributed by atoms with Gasteiger partial charge in [-0.2, -0.15) is 5.10 Å². The van der Waals surface area contributed by atoms with Crippen molar-refractivity contribution >= 4 is 11.9 Å². The Bertz CT molecular complexity index is 1080. The molecule has 3 aromatic rings. The molecule has 4 heterocycles. The van der Waals surface area contributed by atoms with Crippen molar-refractivity contribution in [1.82, 2.24) is 25.1 Å². The van der Waals surface area contributed by atoms with Crippen LogP contribution in [0.2, 0.25) is 0 Å². The average Bonchev–Trinajstić information content (AvgIpc) is 3.48. The molecule has 1 amide bonds. The number of hydrogen-bond acceptors (Lipinski definition) is 6. The van der Waals surface area contributed by atoms with Crippen LogP contribution < -0.4 is 15.0 Å². The van der Waals surface area contributed by atoms with Gasteiger partial charge in [-0.25, -0.2) is 9.97 Å². The first-order chi connectivity index (χ1) is 14.6. The molecule has 8 heteroatoms. The van der Waals surface area contributed by atoms with Gasteiger partial charge in [0, 0.05) is 50.6 Å². The third-order valence-corrected chi connectivity index (χ3v) is 5.60. The van der Waals surface area contributed by atoms with Crippen molar-refractivity contribution < 1.29 is 9.53 Å². The van der Waals surface area contributed by atoms with Gasteiger partial charge in [-0.05, 0) is 29.7 Å². The van der Waals surface area contributed by atoms with Gasteiger partial charge in [-0.15, -0.1) is 0 Å². The Kier molecular flexibility index (Phi) is 4.82. The van der Waals surface area contributed by atoms with E-state index in [4.69, 9.17) is 4.74 Å². The highest BCUT2D eigenvalue weighted by atomic mass is 16.5. The molecule has 5 rings (SSSR count). The number of aromatic nitrogens is 4. The maximum Gasteiger partial charge on any atom is 0.225 e. The van der Waals surface area contributed by atoms with Crippen LogP contribution in [0.4, 0.5) is 5.95 Å². The van der Waals surface area contributed by atoms with Gasteiger partial charge in [0.2, 0.25) is 11.9 Å². The number of anilines is 1. The lowest BCUT2D eigenvalue weighted by Gasteiger charge is -2.17. The van der Waals surface area contributed by atoms with E-state index in [1.165, 1.54) is 5.56 Å². The summed E-state index contributed by atoms with van der Waals surface area (Å²) >= 11 is 0. The zero-order valence-corrected chi connectivity index (χ0v) is 16.9. The first-order valence-electron chi connectivity index (χ1n) is 10.2. The number of fused-ring (bicyclic) bond motifs is 1. The molecule has 1 atom stereocenters. The van der Waals surface area contributed by atoms with Gasteiger partial charge in [0.05, 0.1) is 24.9 Å². The largest absolute Gasteiger partial charge is 0.493 e. The molecule has 0 spiro atoms. The van der Waals surface area contributed by atoms with Crippen LogP contribution in [0.25, 0.3) is 11.3 Å².